The second kappa shape index (κ2) is 4.02. The number of halogens is 3. The van der Waals surface area contributed by atoms with Crippen molar-refractivity contribution < 1.29 is 41.9 Å². The molecule has 0 radical (unpaired) electrons. The molecule has 0 aliphatic heterocycles. The van der Waals surface area contributed by atoms with Crippen molar-refractivity contribution in [2.24, 2.45) is 7.05 Å². The molecule has 9 heteroatoms. The van der Waals surface area contributed by atoms with Gasteiger partial charge >= 0.3 is 25.0 Å². The van der Waals surface area contributed by atoms with Gasteiger partial charge in [-0.2, -0.15) is 13.2 Å². The molecule has 0 spiro atoms. The van der Waals surface area contributed by atoms with Crippen LogP contribution in [0.1, 0.15) is 16.4 Å². The Hall–Kier alpha value is -1.00. The molecule has 0 atom stereocenters. The van der Waals surface area contributed by atoms with Crippen molar-refractivity contribution >= 4 is 5.97 Å². The predicted octanol–water partition coefficient (Wildman–Crippen LogP) is -3.80. The number of aromatic nitrogens is 3. The van der Waals surface area contributed by atoms with Gasteiger partial charge in [0.25, 0.3) is 5.82 Å². The molecule has 1 rings (SSSR count). The number of hydrogen-bond donors (Lipinski definition) is 0. The van der Waals surface area contributed by atoms with Gasteiger partial charge in [0.1, 0.15) is 5.97 Å². The van der Waals surface area contributed by atoms with Gasteiger partial charge in [-0.15, -0.1) is 5.10 Å². The maximum absolute atomic E-state index is 11.9. The minimum atomic E-state index is -4.74. The Kier molecular flexibility index (Phi) is 3.73. The Morgan fingerprint density at radius 2 is 2.00 bits per heavy atom. The van der Waals surface area contributed by atoms with E-state index in [1.807, 2.05) is 0 Å². The van der Waals surface area contributed by atoms with Crippen LogP contribution in [0.5, 0.6) is 0 Å². The largest absolute Gasteiger partial charge is 1.00 e. The van der Waals surface area contributed by atoms with Crippen molar-refractivity contribution in [3.05, 3.63) is 11.6 Å². The van der Waals surface area contributed by atoms with Gasteiger partial charge in [0.15, 0.2) is 5.82 Å². The first-order chi connectivity index (χ1) is 5.82. The molecule has 1 aromatic rings. The minimum absolute atomic E-state index is 0. The third-order valence-electron chi connectivity index (χ3n) is 1.20. The fourth-order valence-electron chi connectivity index (χ4n) is 0.682. The van der Waals surface area contributed by atoms with Crippen LogP contribution < -0.4 is 24.0 Å². The summed E-state index contributed by atoms with van der Waals surface area (Å²) < 4.78 is 36.2. The van der Waals surface area contributed by atoms with Gasteiger partial charge in [-0.05, 0) is 0 Å². The number of hydrogen-bond acceptors (Lipinski definition) is 4. The topological polar surface area (TPSA) is 70.8 Å². The first-order valence-corrected chi connectivity index (χ1v) is 3.02. The summed E-state index contributed by atoms with van der Waals surface area (Å²) >= 11 is 0. The normalized spacial score (nSPS) is 10.9. The van der Waals surface area contributed by atoms with Crippen LogP contribution in [0.2, 0.25) is 0 Å². The Bertz CT molecular complexity index is 348. The number of aromatic carboxylic acids is 1. The third-order valence-corrected chi connectivity index (χ3v) is 1.20. The van der Waals surface area contributed by atoms with Gasteiger partial charge < -0.3 is 9.90 Å². The summed E-state index contributed by atoms with van der Waals surface area (Å²) in [7, 11) is 1.04. The van der Waals surface area contributed by atoms with Crippen molar-refractivity contribution in [2.75, 3.05) is 0 Å². The van der Waals surface area contributed by atoms with Gasteiger partial charge in [0.2, 0.25) is 0 Å². The molecule has 0 N–H and O–H groups in total. The van der Waals surface area contributed by atoms with Gasteiger partial charge in [0, 0.05) is 7.05 Å². The smallest absolute Gasteiger partial charge is 0.542 e. The maximum Gasteiger partial charge on any atom is 1.00 e. The number of nitrogens with zero attached hydrogens (tertiary/aromatic N) is 3. The van der Waals surface area contributed by atoms with Crippen LogP contribution in [0, 0.1) is 0 Å². The van der Waals surface area contributed by atoms with Crippen LogP contribution >= 0.6 is 0 Å². The zero-order valence-electron chi connectivity index (χ0n) is 7.29. The van der Waals surface area contributed by atoms with Crippen LogP contribution in [-0.4, -0.2) is 20.7 Å². The number of rotatable bonds is 1. The molecule has 0 unspecified atom stereocenters. The molecule has 0 saturated heterocycles. The van der Waals surface area contributed by atoms with Crippen LogP contribution in [0.4, 0.5) is 13.2 Å². The number of carbonyl (C=O) groups excluding carboxylic acids is 1. The van der Waals surface area contributed by atoms with E-state index in [0.717, 1.165) is 7.05 Å². The van der Waals surface area contributed by atoms with Crippen molar-refractivity contribution in [3.8, 4) is 0 Å². The van der Waals surface area contributed by atoms with Crippen molar-refractivity contribution in [1.82, 2.24) is 14.8 Å². The van der Waals surface area contributed by atoms with E-state index in [0.29, 0.717) is 4.68 Å². The van der Waals surface area contributed by atoms with Gasteiger partial charge in [-0.25, -0.2) is 9.67 Å². The van der Waals surface area contributed by atoms with Crippen LogP contribution in [-0.2, 0) is 13.2 Å². The first-order valence-electron chi connectivity index (χ1n) is 3.02. The molecule has 0 saturated carbocycles. The number of aryl methyl sites for hydroxylation is 1. The van der Waals surface area contributed by atoms with E-state index in [2.05, 4.69) is 10.1 Å². The number of carboxylic acid groups (broad SMARTS) is 1. The molecule has 0 amide bonds. The molecule has 1 heterocycles. The molecular formula is C5H3F3LiN3O2. The maximum atomic E-state index is 11.9. The molecule has 5 nitrogen and oxygen atoms in total. The summed E-state index contributed by atoms with van der Waals surface area (Å²) in [5, 5.41) is 13.0. The third kappa shape index (κ3) is 2.49. The van der Waals surface area contributed by atoms with Gasteiger partial charge in [-0.3, -0.25) is 0 Å². The van der Waals surface area contributed by atoms with E-state index in [4.69, 9.17) is 0 Å². The van der Waals surface area contributed by atoms with Gasteiger partial charge in [-0.1, -0.05) is 0 Å². The fourth-order valence-corrected chi connectivity index (χ4v) is 0.682. The van der Waals surface area contributed by atoms with E-state index in [9.17, 15) is 23.1 Å². The average molecular weight is 201 g/mol. The molecule has 0 aliphatic carbocycles. The summed E-state index contributed by atoms with van der Waals surface area (Å²) in [4.78, 5) is 12.9. The number of alkyl halides is 3. The van der Waals surface area contributed by atoms with E-state index in [-0.39, 0.29) is 18.9 Å². The number of carbonyl (C=O) groups is 1. The van der Waals surface area contributed by atoms with E-state index in [1.165, 1.54) is 0 Å². The van der Waals surface area contributed by atoms with Crippen LogP contribution in [0.3, 0.4) is 0 Å². The molecule has 0 bridgehead atoms. The van der Waals surface area contributed by atoms with Crippen LogP contribution in [0.25, 0.3) is 0 Å². The SMILES string of the molecule is Cn1nc(C(F)(F)F)nc1C(=O)[O-].[Li+]. The minimum Gasteiger partial charge on any atom is -0.542 e. The van der Waals surface area contributed by atoms with Crippen molar-refractivity contribution in [2.45, 2.75) is 6.18 Å². The predicted molar refractivity (Wildman–Crippen MR) is 30.3 cm³/mol. The Morgan fingerprint density at radius 1 is 1.50 bits per heavy atom. The first kappa shape index (κ1) is 13.0. The summed E-state index contributed by atoms with van der Waals surface area (Å²) in [6.07, 6.45) is -4.74. The fraction of sp³-hybridized carbons (Fsp3) is 0.400. The molecule has 1 aromatic heterocycles. The summed E-state index contributed by atoms with van der Waals surface area (Å²) in [5.74, 6) is -4.15. The molecule has 0 fully saturated rings. The standard InChI is InChI=1S/C5H4F3N3O2.Li/c1-11-2(3(12)13)9-4(10-11)5(6,7)8;/h1H3,(H,12,13);/q;+1/p-1. The van der Waals surface area contributed by atoms with Gasteiger partial charge in [0.05, 0.1) is 0 Å². The quantitative estimate of drug-likeness (QED) is 0.437. The molecule has 0 aliphatic rings. The Labute approximate surface area is 88.1 Å². The average Bonchev–Trinajstić information content (AvgIpc) is 2.29. The van der Waals surface area contributed by atoms with E-state index >= 15 is 0 Å². The molecule has 0 aromatic carbocycles. The monoisotopic (exact) mass is 201 g/mol. The van der Waals surface area contributed by atoms with Crippen LogP contribution in [0.15, 0.2) is 0 Å². The van der Waals surface area contributed by atoms with Crippen molar-refractivity contribution in [3.63, 3.8) is 0 Å². The zero-order valence-corrected chi connectivity index (χ0v) is 7.29. The molecular weight excluding hydrogens is 198 g/mol. The summed E-state index contributed by atoms with van der Waals surface area (Å²) in [6.45, 7) is 0. The Balaban J connectivity index is 0.00000169. The van der Waals surface area contributed by atoms with E-state index < -0.39 is 23.8 Å². The zero-order chi connectivity index (χ0) is 10.2. The van der Waals surface area contributed by atoms with E-state index in [1.54, 1.807) is 0 Å². The summed E-state index contributed by atoms with van der Waals surface area (Å²) in [5.41, 5.74) is 0. The number of carboxylic acids is 1. The van der Waals surface area contributed by atoms with Crippen molar-refractivity contribution in [1.29, 1.82) is 0 Å². The second-order valence-electron chi connectivity index (χ2n) is 2.17. The molecule has 72 valence electrons. The Morgan fingerprint density at radius 3 is 2.21 bits per heavy atom. The molecule has 14 heavy (non-hydrogen) atoms. The second-order valence-corrected chi connectivity index (χ2v) is 2.17. The summed E-state index contributed by atoms with van der Waals surface area (Å²) in [6, 6.07) is 0.